The monoisotopic (exact) mass is 182 g/mol. The van der Waals surface area contributed by atoms with Crippen molar-refractivity contribution in [1.29, 1.82) is 0 Å². The summed E-state index contributed by atoms with van der Waals surface area (Å²) in [5.74, 6) is 0.558. The van der Waals surface area contributed by atoms with Crippen LogP contribution in [0.25, 0.3) is 0 Å². The average molecular weight is 182 g/mol. The normalized spacial score (nSPS) is 21.8. The topological polar surface area (TPSA) is 17.1 Å². The van der Waals surface area contributed by atoms with Crippen LogP contribution in [0.5, 0.6) is 0 Å². The van der Waals surface area contributed by atoms with Crippen LogP contribution < -0.4 is 0 Å². The minimum atomic E-state index is 0.0990. The molecule has 0 spiro atoms. The number of carbonyl (C=O) groups excluding carboxylic acids is 1. The van der Waals surface area contributed by atoms with Gasteiger partial charge < -0.3 is 0 Å². The molecule has 0 aromatic heterocycles. The van der Waals surface area contributed by atoms with Crippen LogP contribution in [0.15, 0.2) is 0 Å². The lowest BCUT2D eigenvalue weighted by atomic mass is 9.68. The van der Waals surface area contributed by atoms with Gasteiger partial charge in [0.25, 0.3) is 0 Å². The number of rotatable bonds is 4. The fourth-order valence-corrected chi connectivity index (χ4v) is 2.76. The summed E-state index contributed by atoms with van der Waals surface area (Å²) in [5.41, 5.74) is 0.0990. The Morgan fingerprint density at radius 1 is 1.15 bits per heavy atom. The van der Waals surface area contributed by atoms with E-state index in [0.29, 0.717) is 5.78 Å². The van der Waals surface area contributed by atoms with E-state index in [1.165, 1.54) is 6.42 Å². The van der Waals surface area contributed by atoms with E-state index in [1.54, 1.807) is 0 Å². The fourth-order valence-electron chi connectivity index (χ4n) is 2.76. The maximum absolute atomic E-state index is 11.9. The van der Waals surface area contributed by atoms with Crippen LogP contribution in [-0.4, -0.2) is 5.78 Å². The smallest absolute Gasteiger partial charge is 0.139 e. The van der Waals surface area contributed by atoms with Crippen LogP contribution in [-0.2, 0) is 4.79 Å². The van der Waals surface area contributed by atoms with Gasteiger partial charge in [0.15, 0.2) is 0 Å². The molecule has 0 bridgehead atoms. The first kappa shape index (κ1) is 10.7. The van der Waals surface area contributed by atoms with Crippen molar-refractivity contribution in [2.24, 2.45) is 5.41 Å². The summed E-state index contributed by atoms with van der Waals surface area (Å²) in [7, 11) is 0. The van der Waals surface area contributed by atoms with Gasteiger partial charge in [-0.3, -0.25) is 4.79 Å². The molecule has 0 aromatic carbocycles. The Morgan fingerprint density at radius 2 is 1.77 bits per heavy atom. The van der Waals surface area contributed by atoms with Crippen molar-refractivity contribution < 1.29 is 4.79 Å². The largest absolute Gasteiger partial charge is 0.299 e. The summed E-state index contributed by atoms with van der Waals surface area (Å²) in [5, 5.41) is 0. The first-order valence-corrected chi connectivity index (χ1v) is 5.78. The number of hydrogen-bond donors (Lipinski definition) is 0. The molecule has 0 N–H and O–H groups in total. The van der Waals surface area contributed by atoms with E-state index in [4.69, 9.17) is 0 Å². The molecule has 0 aromatic rings. The molecule has 0 atom stereocenters. The molecule has 1 aliphatic carbocycles. The third kappa shape index (κ3) is 2.32. The predicted octanol–water partition coefficient (Wildman–Crippen LogP) is 3.72. The van der Waals surface area contributed by atoms with Gasteiger partial charge in [-0.25, -0.2) is 0 Å². The highest BCUT2D eigenvalue weighted by Gasteiger charge is 2.37. The molecule has 1 heteroatoms. The van der Waals surface area contributed by atoms with Gasteiger partial charge in [0.2, 0.25) is 0 Å². The number of carbonyl (C=O) groups is 1. The van der Waals surface area contributed by atoms with Crippen LogP contribution in [0.4, 0.5) is 0 Å². The van der Waals surface area contributed by atoms with Crippen molar-refractivity contribution in [1.82, 2.24) is 0 Å². The third-order valence-electron chi connectivity index (χ3n) is 3.36. The van der Waals surface area contributed by atoms with E-state index in [-0.39, 0.29) is 5.41 Å². The second-order valence-electron chi connectivity index (χ2n) is 4.41. The Labute approximate surface area is 81.9 Å². The molecular formula is C12H22O. The highest BCUT2D eigenvalue weighted by atomic mass is 16.1. The molecule has 1 saturated carbocycles. The minimum Gasteiger partial charge on any atom is -0.299 e. The number of hydrogen-bond acceptors (Lipinski definition) is 1. The van der Waals surface area contributed by atoms with Gasteiger partial charge in [0.1, 0.15) is 5.78 Å². The van der Waals surface area contributed by atoms with Crippen molar-refractivity contribution in [2.45, 2.75) is 65.2 Å². The Kier molecular flexibility index (Phi) is 3.95. The Balaban J connectivity index is 2.67. The summed E-state index contributed by atoms with van der Waals surface area (Å²) in [4.78, 5) is 11.9. The van der Waals surface area contributed by atoms with Crippen LogP contribution >= 0.6 is 0 Å². The Hall–Kier alpha value is -0.330. The van der Waals surface area contributed by atoms with E-state index in [9.17, 15) is 4.79 Å². The molecule has 0 radical (unpaired) electrons. The maximum Gasteiger partial charge on any atom is 0.139 e. The molecule has 13 heavy (non-hydrogen) atoms. The molecule has 1 rings (SSSR count). The van der Waals surface area contributed by atoms with Crippen LogP contribution in [0.3, 0.4) is 0 Å². The van der Waals surface area contributed by atoms with Crippen molar-refractivity contribution in [2.75, 3.05) is 0 Å². The van der Waals surface area contributed by atoms with Gasteiger partial charge in [-0.1, -0.05) is 33.1 Å². The number of ketones is 1. The summed E-state index contributed by atoms with van der Waals surface area (Å²) >= 11 is 0. The van der Waals surface area contributed by atoms with Crippen LogP contribution in [0, 0.1) is 5.41 Å². The van der Waals surface area contributed by atoms with E-state index in [1.807, 2.05) is 0 Å². The lowest BCUT2D eigenvalue weighted by Crippen LogP contribution is -2.34. The summed E-state index contributed by atoms with van der Waals surface area (Å²) < 4.78 is 0. The lowest BCUT2D eigenvalue weighted by Gasteiger charge is -2.35. The molecule has 1 nitrogen and oxygen atoms in total. The van der Waals surface area contributed by atoms with Gasteiger partial charge in [-0.2, -0.15) is 0 Å². The molecule has 0 saturated heterocycles. The minimum absolute atomic E-state index is 0.0990. The molecule has 0 aliphatic heterocycles. The Morgan fingerprint density at radius 3 is 2.23 bits per heavy atom. The fraction of sp³-hybridized carbons (Fsp3) is 0.917. The standard InChI is InChI=1S/C12H22O/c1-3-8-12(9-4-2)10-6-5-7-11(12)13/h3-10H2,1-2H3. The molecular weight excluding hydrogens is 160 g/mol. The third-order valence-corrected chi connectivity index (χ3v) is 3.36. The molecule has 0 unspecified atom stereocenters. The summed E-state index contributed by atoms with van der Waals surface area (Å²) in [6.07, 6.45) is 8.98. The Bertz CT molecular complexity index is 160. The van der Waals surface area contributed by atoms with E-state index < -0.39 is 0 Å². The highest BCUT2D eigenvalue weighted by molar-refractivity contribution is 5.85. The SMILES string of the molecule is CCCC1(CCC)CCCCC1=O. The van der Waals surface area contributed by atoms with Crippen molar-refractivity contribution in [3.05, 3.63) is 0 Å². The zero-order chi connectivity index (χ0) is 9.73. The van der Waals surface area contributed by atoms with Crippen molar-refractivity contribution >= 4 is 5.78 Å². The van der Waals surface area contributed by atoms with Crippen molar-refractivity contribution in [3.8, 4) is 0 Å². The van der Waals surface area contributed by atoms with Crippen molar-refractivity contribution in [3.63, 3.8) is 0 Å². The van der Waals surface area contributed by atoms with Gasteiger partial charge in [0.05, 0.1) is 0 Å². The molecule has 1 aliphatic rings. The molecule has 1 fully saturated rings. The van der Waals surface area contributed by atoms with E-state index >= 15 is 0 Å². The highest BCUT2D eigenvalue weighted by Crippen LogP contribution is 2.41. The molecule has 0 heterocycles. The summed E-state index contributed by atoms with van der Waals surface area (Å²) in [6, 6.07) is 0. The molecule has 76 valence electrons. The number of Topliss-reactive ketones (excluding diaryl/α,β-unsaturated/α-hetero) is 1. The first-order chi connectivity index (χ1) is 6.25. The maximum atomic E-state index is 11.9. The van der Waals surface area contributed by atoms with E-state index in [0.717, 1.165) is 44.9 Å². The zero-order valence-corrected chi connectivity index (χ0v) is 9.07. The summed E-state index contributed by atoms with van der Waals surface area (Å²) in [6.45, 7) is 4.39. The van der Waals surface area contributed by atoms with Gasteiger partial charge in [0, 0.05) is 11.8 Å². The van der Waals surface area contributed by atoms with Crippen LogP contribution in [0.1, 0.15) is 65.2 Å². The quantitative estimate of drug-likeness (QED) is 0.647. The van der Waals surface area contributed by atoms with E-state index in [2.05, 4.69) is 13.8 Å². The van der Waals surface area contributed by atoms with Gasteiger partial charge in [-0.15, -0.1) is 0 Å². The average Bonchev–Trinajstić information content (AvgIpc) is 2.11. The second kappa shape index (κ2) is 4.78. The van der Waals surface area contributed by atoms with Gasteiger partial charge >= 0.3 is 0 Å². The predicted molar refractivity (Wildman–Crippen MR) is 55.7 cm³/mol. The lowest BCUT2D eigenvalue weighted by molar-refractivity contribution is -0.132. The first-order valence-electron chi connectivity index (χ1n) is 5.78. The van der Waals surface area contributed by atoms with Crippen LogP contribution in [0.2, 0.25) is 0 Å². The second-order valence-corrected chi connectivity index (χ2v) is 4.41. The molecule has 0 amide bonds. The zero-order valence-electron chi connectivity index (χ0n) is 9.07. The van der Waals surface area contributed by atoms with Gasteiger partial charge in [-0.05, 0) is 25.7 Å².